The molecule has 9 heteroatoms. The Bertz CT molecular complexity index is 655. The molecule has 0 saturated heterocycles. The van der Waals surface area contributed by atoms with Crippen LogP contribution in [-0.4, -0.2) is 20.2 Å². The Morgan fingerprint density at radius 2 is 2.15 bits per heavy atom. The van der Waals surface area contributed by atoms with Gasteiger partial charge in [0.1, 0.15) is 0 Å². The first kappa shape index (κ1) is 13.8. The zero-order valence-corrected chi connectivity index (χ0v) is 10.3. The Hall–Kier alpha value is -2.63. The van der Waals surface area contributed by atoms with Gasteiger partial charge in [-0.25, -0.2) is 0 Å². The van der Waals surface area contributed by atoms with Crippen molar-refractivity contribution >= 4 is 5.69 Å². The van der Waals surface area contributed by atoms with E-state index in [1.807, 2.05) is 0 Å². The number of aryl methyl sites for hydroxylation is 1. The van der Waals surface area contributed by atoms with E-state index >= 15 is 0 Å². The molecule has 1 N–H and O–H groups in total. The van der Waals surface area contributed by atoms with Gasteiger partial charge in [0.25, 0.3) is 0 Å². The van der Waals surface area contributed by atoms with Gasteiger partial charge >= 0.3 is 6.18 Å². The Balaban J connectivity index is 2.19. The zero-order chi connectivity index (χ0) is 14.8. The summed E-state index contributed by atoms with van der Waals surface area (Å²) in [5.74, 6) is 0.352. The lowest BCUT2D eigenvalue weighted by atomic mass is 10.1. The molecule has 2 rings (SSSR count). The molecule has 0 spiro atoms. The number of alkyl halides is 3. The maximum absolute atomic E-state index is 12.8. The van der Waals surface area contributed by atoms with Gasteiger partial charge in [0, 0.05) is 5.69 Å². The number of anilines is 1. The molecule has 0 saturated carbocycles. The summed E-state index contributed by atoms with van der Waals surface area (Å²) in [5, 5.41) is 22.6. The van der Waals surface area contributed by atoms with Gasteiger partial charge in [-0.1, -0.05) is 0 Å². The van der Waals surface area contributed by atoms with E-state index in [0.29, 0.717) is 5.82 Å². The van der Waals surface area contributed by atoms with Crippen LogP contribution in [0.1, 0.15) is 17.0 Å². The van der Waals surface area contributed by atoms with Crippen LogP contribution >= 0.6 is 0 Å². The smallest absolute Gasteiger partial charge is 0.378 e. The van der Waals surface area contributed by atoms with E-state index < -0.39 is 17.3 Å². The van der Waals surface area contributed by atoms with E-state index in [2.05, 4.69) is 20.7 Å². The van der Waals surface area contributed by atoms with Crippen molar-refractivity contribution in [2.45, 2.75) is 12.7 Å². The Morgan fingerprint density at radius 3 is 2.70 bits per heavy atom. The first-order valence-corrected chi connectivity index (χ1v) is 5.48. The summed E-state index contributed by atoms with van der Waals surface area (Å²) in [6, 6.07) is 4.92. The van der Waals surface area contributed by atoms with Crippen LogP contribution in [0.4, 0.5) is 18.9 Å². The van der Waals surface area contributed by atoms with Gasteiger partial charge in [-0.3, -0.25) is 0 Å². The first-order valence-electron chi connectivity index (χ1n) is 5.48. The lowest BCUT2D eigenvalue weighted by molar-refractivity contribution is -0.137. The van der Waals surface area contributed by atoms with Crippen LogP contribution in [0.2, 0.25) is 0 Å². The van der Waals surface area contributed by atoms with Crippen LogP contribution in [0.3, 0.4) is 0 Å². The Morgan fingerprint density at radius 1 is 1.40 bits per heavy atom. The summed E-state index contributed by atoms with van der Waals surface area (Å²) in [7, 11) is 1.58. The van der Waals surface area contributed by atoms with E-state index in [1.54, 1.807) is 7.05 Å². The number of hydrogen-bond acceptors (Lipinski definition) is 5. The van der Waals surface area contributed by atoms with Crippen molar-refractivity contribution in [1.29, 1.82) is 5.26 Å². The second-order valence-electron chi connectivity index (χ2n) is 3.92. The fourth-order valence-corrected chi connectivity index (χ4v) is 1.56. The SMILES string of the molecule is Cn1nnc(CNc2ccc(C#N)c(C(F)(F)F)c2)n1. The van der Waals surface area contributed by atoms with Crippen LogP contribution in [0.25, 0.3) is 0 Å². The minimum absolute atomic E-state index is 0.136. The summed E-state index contributed by atoms with van der Waals surface area (Å²) in [4.78, 5) is 1.25. The van der Waals surface area contributed by atoms with Crippen LogP contribution in [-0.2, 0) is 19.8 Å². The van der Waals surface area contributed by atoms with E-state index in [-0.39, 0.29) is 12.2 Å². The number of halogens is 3. The molecular weight excluding hydrogens is 273 g/mol. The molecule has 2 aromatic rings. The minimum Gasteiger partial charge on any atom is -0.378 e. The average molecular weight is 282 g/mol. The summed E-state index contributed by atoms with van der Waals surface area (Å²) < 4.78 is 38.3. The summed E-state index contributed by atoms with van der Waals surface area (Å²) in [6.07, 6.45) is -4.58. The van der Waals surface area contributed by atoms with Gasteiger partial charge < -0.3 is 5.32 Å². The van der Waals surface area contributed by atoms with E-state index in [0.717, 1.165) is 12.1 Å². The number of hydrogen-bond donors (Lipinski definition) is 1. The third-order valence-electron chi connectivity index (χ3n) is 2.45. The van der Waals surface area contributed by atoms with Gasteiger partial charge in [0.15, 0.2) is 5.82 Å². The lowest BCUT2D eigenvalue weighted by Crippen LogP contribution is -2.09. The molecule has 0 aliphatic rings. The fourth-order valence-electron chi connectivity index (χ4n) is 1.56. The number of rotatable bonds is 3. The van der Waals surface area contributed by atoms with Crippen molar-refractivity contribution < 1.29 is 13.2 Å². The predicted molar refractivity (Wildman–Crippen MR) is 62.3 cm³/mol. The van der Waals surface area contributed by atoms with Gasteiger partial charge in [0.2, 0.25) is 0 Å². The molecule has 1 aromatic carbocycles. The molecule has 0 radical (unpaired) electrons. The van der Waals surface area contributed by atoms with Gasteiger partial charge in [-0.15, -0.1) is 10.2 Å². The van der Waals surface area contributed by atoms with Crippen molar-refractivity contribution in [1.82, 2.24) is 20.2 Å². The monoisotopic (exact) mass is 282 g/mol. The van der Waals surface area contributed by atoms with E-state index in [4.69, 9.17) is 5.26 Å². The standard InChI is InChI=1S/C11H9F3N6/c1-20-18-10(17-19-20)6-16-8-3-2-7(5-15)9(4-8)11(12,13)14/h2-4,16H,6H2,1H3. The predicted octanol–water partition coefficient (Wildman–Crippen LogP) is 1.71. The summed E-state index contributed by atoms with van der Waals surface area (Å²) in [6.45, 7) is 0.136. The molecule has 20 heavy (non-hydrogen) atoms. The largest absolute Gasteiger partial charge is 0.417 e. The van der Waals surface area contributed by atoms with E-state index in [1.165, 1.54) is 16.9 Å². The Labute approximate surface area is 111 Å². The van der Waals surface area contributed by atoms with Crippen molar-refractivity contribution in [2.24, 2.45) is 7.05 Å². The van der Waals surface area contributed by atoms with Crippen molar-refractivity contribution in [3.05, 3.63) is 35.2 Å². The molecule has 0 bridgehead atoms. The quantitative estimate of drug-likeness (QED) is 0.927. The third-order valence-corrected chi connectivity index (χ3v) is 2.45. The van der Waals surface area contributed by atoms with Gasteiger partial charge in [-0.2, -0.15) is 23.2 Å². The maximum Gasteiger partial charge on any atom is 0.417 e. The second kappa shape index (κ2) is 5.16. The van der Waals surface area contributed by atoms with Crippen molar-refractivity contribution in [3.63, 3.8) is 0 Å². The van der Waals surface area contributed by atoms with Gasteiger partial charge in [0.05, 0.1) is 30.8 Å². The fraction of sp³-hybridized carbons (Fsp3) is 0.273. The number of nitrogens with zero attached hydrogens (tertiary/aromatic N) is 5. The third kappa shape index (κ3) is 3.03. The topological polar surface area (TPSA) is 79.4 Å². The van der Waals surface area contributed by atoms with Crippen LogP contribution < -0.4 is 5.32 Å². The molecule has 1 aromatic heterocycles. The summed E-state index contributed by atoms with van der Waals surface area (Å²) in [5.41, 5.74) is -1.17. The molecule has 0 amide bonds. The Kier molecular flexibility index (Phi) is 3.56. The van der Waals surface area contributed by atoms with Crippen molar-refractivity contribution in [2.75, 3.05) is 5.32 Å². The van der Waals surface area contributed by atoms with Gasteiger partial charge in [-0.05, 0) is 23.4 Å². The highest BCUT2D eigenvalue weighted by molar-refractivity contribution is 5.53. The normalized spacial score (nSPS) is 11.2. The van der Waals surface area contributed by atoms with E-state index in [9.17, 15) is 13.2 Å². The molecule has 0 fully saturated rings. The molecule has 104 valence electrons. The highest BCUT2D eigenvalue weighted by Gasteiger charge is 2.33. The second-order valence-corrected chi connectivity index (χ2v) is 3.92. The van der Waals surface area contributed by atoms with Crippen LogP contribution in [0, 0.1) is 11.3 Å². The van der Waals surface area contributed by atoms with Crippen molar-refractivity contribution in [3.8, 4) is 6.07 Å². The summed E-state index contributed by atoms with van der Waals surface area (Å²) >= 11 is 0. The number of nitriles is 1. The highest BCUT2D eigenvalue weighted by atomic mass is 19.4. The van der Waals surface area contributed by atoms with Crippen LogP contribution in [0.5, 0.6) is 0 Å². The first-order chi connectivity index (χ1) is 9.40. The lowest BCUT2D eigenvalue weighted by Gasteiger charge is -2.11. The van der Waals surface area contributed by atoms with Crippen LogP contribution in [0.15, 0.2) is 18.2 Å². The molecule has 0 aliphatic heterocycles. The number of aromatic nitrogens is 4. The molecule has 0 atom stereocenters. The number of benzene rings is 1. The maximum atomic E-state index is 12.8. The number of nitrogens with one attached hydrogen (secondary N) is 1. The zero-order valence-electron chi connectivity index (χ0n) is 10.3. The molecular formula is C11H9F3N6. The molecule has 1 heterocycles. The average Bonchev–Trinajstić information content (AvgIpc) is 2.81. The molecule has 0 aliphatic carbocycles. The minimum atomic E-state index is -4.58. The highest BCUT2D eigenvalue weighted by Crippen LogP contribution is 2.33. The molecule has 6 nitrogen and oxygen atoms in total. The number of tetrazole rings is 1. The molecule has 0 unspecified atom stereocenters.